The second-order valence-corrected chi connectivity index (χ2v) is 5.81. The first-order chi connectivity index (χ1) is 11.2. The van der Waals surface area contributed by atoms with Crippen LogP contribution in [0.25, 0.3) is 0 Å². The van der Waals surface area contributed by atoms with E-state index in [4.69, 9.17) is 9.84 Å². The van der Waals surface area contributed by atoms with Crippen LogP contribution in [0, 0.1) is 0 Å². The number of nitrogens with one attached hydrogen (secondary N) is 3. The Morgan fingerprint density at radius 2 is 1.96 bits per heavy atom. The molecule has 1 fully saturated rings. The van der Waals surface area contributed by atoms with Crippen molar-refractivity contribution in [1.29, 1.82) is 0 Å². The predicted molar refractivity (Wildman–Crippen MR) is 82.1 cm³/mol. The number of aliphatic carboxylic acids is 1. The fraction of sp³-hybridized carbons (Fsp3) is 0.786. The maximum atomic E-state index is 12.0. The molecule has 10 heteroatoms. The summed E-state index contributed by atoms with van der Waals surface area (Å²) in [4.78, 5) is 34.0. The number of hydrogen-bond acceptors (Lipinski definition) is 7. The van der Waals surface area contributed by atoms with E-state index in [9.17, 15) is 24.6 Å². The van der Waals surface area contributed by atoms with Crippen LogP contribution in [-0.4, -0.2) is 82.7 Å². The van der Waals surface area contributed by atoms with Gasteiger partial charge >= 0.3 is 5.97 Å². The zero-order valence-corrected chi connectivity index (χ0v) is 13.9. The molecule has 0 spiro atoms. The van der Waals surface area contributed by atoms with Crippen molar-refractivity contribution >= 4 is 17.8 Å². The number of rotatable bonds is 7. The van der Waals surface area contributed by atoms with Crippen molar-refractivity contribution in [2.45, 2.75) is 57.2 Å². The minimum atomic E-state index is -1.19. The average Bonchev–Trinajstić information content (AvgIpc) is 2.50. The van der Waals surface area contributed by atoms with Crippen LogP contribution in [0.4, 0.5) is 0 Å². The zero-order chi connectivity index (χ0) is 18.4. The summed E-state index contributed by atoms with van der Waals surface area (Å²) in [6.45, 7) is 3.94. The molecule has 24 heavy (non-hydrogen) atoms. The number of ether oxygens (including phenoxy) is 1. The first-order valence-electron chi connectivity index (χ1n) is 7.65. The number of carbonyl (C=O) groups is 3. The van der Waals surface area contributed by atoms with Crippen molar-refractivity contribution in [3.8, 4) is 0 Å². The van der Waals surface area contributed by atoms with Crippen LogP contribution in [0.5, 0.6) is 0 Å². The first kappa shape index (κ1) is 20.3. The van der Waals surface area contributed by atoms with Gasteiger partial charge in [0.25, 0.3) is 0 Å². The number of aliphatic hydroxyl groups is 2. The van der Waals surface area contributed by atoms with Gasteiger partial charge in [0.15, 0.2) is 0 Å². The highest BCUT2D eigenvalue weighted by Crippen LogP contribution is 2.16. The summed E-state index contributed by atoms with van der Waals surface area (Å²) < 4.78 is 5.57. The molecule has 10 nitrogen and oxygen atoms in total. The van der Waals surface area contributed by atoms with Crippen LogP contribution in [0.15, 0.2) is 0 Å². The van der Waals surface area contributed by atoms with Crippen molar-refractivity contribution in [3.63, 3.8) is 0 Å². The Morgan fingerprint density at radius 3 is 2.46 bits per heavy atom. The first-order valence-corrected chi connectivity index (χ1v) is 7.65. The van der Waals surface area contributed by atoms with Crippen LogP contribution in [0.3, 0.4) is 0 Å². The minimum Gasteiger partial charge on any atom is -0.480 e. The summed E-state index contributed by atoms with van der Waals surface area (Å²) in [5.74, 6) is -2.17. The summed E-state index contributed by atoms with van der Waals surface area (Å²) in [5, 5.41) is 36.1. The monoisotopic (exact) mass is 347 g/mol. The van der Waals surface area contributed by atoms with Crippen LogP contribution >= 0.6 is 0 Å². The lowest BCUT2D eigenvalue weighted by Crippen LogP contribution is -2.66. The van der Waals surface area contributed by atoms with E-state index in [0.29, 0.717) is 0 Å². The maximum absolute atomic E-state index is 12.0. The van der Waals surface area contributed by atoms with Crippen molar-refractivity contribution in [3.05, 3.63) is 0 Å². The molecule has 1 aliphatic heterocycles. The number of piperidine rings is 1. The van der Waals surface area contributed by atoms with Crippen LogP contribution in [-0.2, 0) is 19.1 Å². The molecule has 0 saturated carbocycles. The maximum Gasteiger partial charge on any atom is 0.325 e. The second kappa shape index (κ2) is 8.92. The lowest BCUT2D eigenvalue weighted by Gasteiger charge is -2.41. The van der Waals surface area contributed by atoms with Crippen molar-refractivity contribution in [1.82, 2.24) is 16.0 Å². The Hall–Kier alpha value is -1.75. The van der Waals surface area contributed by atoms with Gasteiger partial charge < -0.3 is 36.0 Å². The number of carbonyl (C=O) groups excluding carboxylic acids is 2. The fourth-order valence-electron chi connectivity index (χ4n) is 2.41. The summed E-state index contributed by atoms with van der Waals surface area (Å²) >= 11 is 0. The summed E-state index contributed by atoms with van der Waals surface area (Å²) in [6.07, 6.45) is -3.15. The molecule has 0 radical (unpaired) electrons. The summed E-state index contributed by atoms with van der Waals surface area (Å²) in [5.41, 5.74) is 0. The highest BCUT2D eigenvalue weighted by molar-refractivity contribution is 5.85. The Balaban J connectivity index is 2.78. The zero-order valence-electron chi connectivity index (χ0n) is 13.9. The standard InChI is InChI=1S/C14H25N3O7/c1-6(14(22)23)16-13(21)7(2)24-12-9(17-8(3)19)4-15-10(5-18)11(12)20/h6-7,9-12,15,18,20H,4-5H2,1-3H3,(H,16,21)(H,17,19)(H,22,23)/t6-,7+,9-,10+,11+,12+/m0/s1. The van der Waals surface area contributed by atoms with Gasteiger partial charge in [0.1, 0.15) is 18.2 Å². The highest BCUT2D eigenvalue weighted by atomic mass is 16.5. The molecule has 1 aliphatic rings. The van der Waals surface area contributed by atoms with E-state index in [-0.39, 0.29) is 19.1 Å². The van der Waals surface area contributed by atoms with E-state index in [2.05, 4.69) is 16.0 Å². The highest BCUT2D eigenvalue weighted by Gasteiger charge is 2.41. The topological polar surface area (TPSA) is 157 Å². The van der Waals surface area contributed by atoms with Crippen LogP contribution in [0.2, 0.25) is 0 Å². The molecule has 6 N–H and O–H groups in total. The largest absolute Gasteiger partial charge is 0.480 e. The minimum absolute atomic E-state index is 0.242. The number of amides is 2. The molecular formula is C14H25N3O7. The Bertz CT molecular complexity index is 473. The van der Waals surface area contributed by atoms with Crippen molar-refractivity contribution < 1.29 is 34.4 Å². The normalized spacial score (nSPS) is 29.4. The Kier molecular flexibility index (Phi) is 7.55. The van der Waals surface area contributed by atoms with E-state index in [1.165, 1.54) is 20.8 Å². The molecule has 0 aliphatic carbocycles. The smallest absolute Gasteiger partial charge is 0.325 e. The second-order valence-electron chi connectivity index (χ2n) is 5.81. The van der Waals surface area contributed by atoms with Gasteiger partial charge in [-0.2, -0.15) is 0 Å². The molecule has 138 valence electrons. The van der Waals surface area contributed by atoms with E-state index in [1.54, 1.807) is 0 Å². The number of aliphatic hydroxyl groups excluding tert-OH is 2. The molecule has 0 unspecified atom stereocenters. The fourth-order valence-corrected chi connectivity index (χ4v) is 2.41. The SMILES string of the molecule is CC(=O)N[C@H]1CN[C@H](CO)[C@@H](O)[C@@H]1O[C@H](C)C(=O)N[C@@H](C)C(=O)O. The van der Waals surface area contributed by atoms with Gasteiger partial charge in [-0.15, -0.1) is 0 Å². The number of carboxylic acids is 1. The van der Waals surface area contributed by atoms with Gasteiger partial charge in [0.2, 0.25) is 11.8 Å². The average molecular weight is 347 g/mol. The molecule has 2 amide bonds. The van der Waals surface area contributed by atoms with Gasteiger partial charge in [0, 0.05) is 13.5 Å². The third-order valence-electron chi connectivity index (χ3n) is 3.79. The lowest BCUT2D eigenvalue weighted by molar-refractivity contribution is -0.154. The molecule has 0 aromatic heterocycles. The summed E-state index contributed by atoms with van der Waals surface area (Å²) in [6, 6.07) is -2.35. The molecule has 1 heterocycles. The molecule has 0 aromatic rings. The van der Waals surface area contributed by atoms with Crippen LogP contribution < -0.4 is 16.0 Å². The van der Waals surface area contributed by atoms with Gasteiger partial charge in [-0.1, -0.05) is 0 Å². The van der Waals surface area contributed by atoms with Gasteiger partial charge in [-0.3, -0.25) is 14.4 Å². The van der Waals surface area contributed by atoms with E-state index < -0.39 is 48.3 Å². The third-order valence-corrected chi connectivity index (χ3v) is 3.79. The molecule has 6 atom stereocenters. The Morgan fingerprint density at radius 1 is 1.33 bits per heavy atom. The van der Waals surface area contributed by atoms with Crippen LogP contribution in [0.1, 0.15) is 20.8 Å². The van der Waals surface area contributed by atoms with Crippen molar-refractivity contribution in [2.75, 3.05) is 13.2 Å². The predicted octanol–water partition coefficient (Wildman–Crippen LogP) is -2.82. The van der Waals surface area contributed by atoms with E-state index >= 15 is 0 Å². The molecule has 0 aromatic carbocycles. The van der Waals surface area contributed by atoms with E-state index in [1.807, 2.05) is 0 Å². The van der Waals surface area contributed by atoms with Gasteiger partial charge in [-0.25, -0.2) is 0 Å². The van der Waals surface area contributed by atoms with Gasteiger partial charge in [-0.05, 0) is 13.8 Å². The lowest BCUT2D eigenvalue weighted by atomic mass is 9.94. The summed E-state index contributed by atoms with van der Waals surface area (Å²) in [7, 11) is 0. The Labute approximate surface area is 139 Å². The van der Waals surface area contributed by atoms with Crippen molar-refractivity contribution in [2.24, 2.45) is 0 Å². The quantitative estimate of drug-likeness (QED) is 0.288. The third kappa shape index (κ3) is 5.41. The molecule has 1 saturated heterocycles. The number of carboxylic acid groups (broad SMARTS) is 1. The van der Waals surface area contributed by atoms with Gasteiger partial charge in [0.05, 0.1) is 24.8 Å². The molecular weight excluding hydrogens is 322 g/mol. The molecule has 1 rings (SSSR count). The van der Waals surface area contributed by atoms with E-state index in [0.717, 1.165) is 0 Å². The molecule has 0 bridgehead atoms. The number of hydrogen-bond donors (Lipinski definition) is 6.